The average Bonchev–Trinajstić information content (AvgIpc) is 2.60. The molecule has 0 aliphatic heterocycles. The molecular weight excluding hydrogens is 307 g/mol. The molecule has 4 nitrogen and oxygen atoms in total. The number of nitrogens with one attached hydrogen (secondary N) is 2. The van der Waals surface area contributed by atoms with Crippen molar-refractivity contribution in [2.75, 3.05) is 11.9 Å². The van der Waals surface area contributed by atoms with E-state index in [1.54, 1.807) is 18.2 Å². The third kappa shape index (κ3) is 5.32. The number of hydrogen-bond acceptors (Lipinski definition) is 2. The van der Waals surface area contributed by atoms with Crippen LogP contribution in [0.15, 0.2) is 24.3 Å². The van der Waals surface area contributed by atoms with Crippen LogP contribution in [0.5, 0.6) is 0 Å². The van der Waals surface area contributed by atoms with Gasteiger partial charge in [-0.15, -0.1) is 0 Å². The number of unbranched alkanes of at least 4 members (excludes halogenated alkanes) is 2. The lowest BCUT2D eigenvalue weighted by atomic mass is 9.81. The summed E-state index contributed by atoms with van der Waals surface area (Å²) in [5.74, 6) is -0.607. The van der Waals surface area contributed by atoms with Crippen molar-refractivity contribution in [3.8, 4) is 0 Å². The van der Waals surface area contributed by atoms with Crippen molar-refractivity contribution in [2.24, 2.45) is 11.8 Å². The van der Waals surface area contributed by atoms with E-state index in [0.717, 1.165) is 38.6 Å². The van der Waals surface area contributed by atoms with Crippen LogP contribution < -0.4 is 10.6 Å². The number of carbonyl (C=O) groups is 2. The fourth-order valence-electron chi connectivity index (χ4n) is 3.15. The van der Waals surface area contributed by atoms with Crippen molar-refractivity contribution < 1.29 is 14.0 Å². The van der Waals surface area contributed by atoms with Gasteiger partial charge in [0.25, 0.3) is 0 Å². The Labute approximate surface area is 143 Å². The second-order valence-electron chi connectivity index (χ2n) is 6.52. The zero-order chi connectivity index (χ0) is 17.4. The van der Waals surface area contributed by atoms with Crippen LogP contribution in [0.25, 0.3) is 0 Å². The Bertz CT molecular complexity index is 554. The molecule has 0 heterocycles. The molecule has 0 aromatic heterocycles. The maximum Gasteiger partial charge on any atom is 0.227 e. The second-order valence-corrected chi connectivity index (χ2v) is 6.52. The van der Waals surface area contributed by atoms with Crippen molar-refractivity contribution in [3.05, 3.63) is 30.1 Å². The predicted molar refractivity (Wildman–Crippen MR) is 93.0 cm³/mol. The Morgan fingerprint density at radius 1 is 1.04 bits per heavy atom. The average molecular weight is 334 g/mol. The van der Waals surface area contributed by atoms with Gasteiger partial charge >= 0.3 is 0 Å². The topological polar surface area (TPSA) is 58.2 Å². The zero-order valence-electron chi connectivity index (χ0n) is 14.3. The highest BCUT2D eigenvalue weighted by Gasteiger charge is 2.30. The van der Waals surface area contributed by atoms with Gasteiger partial charge in [-0.25, -0.2) is 4.39 Å². The van der Waals surface area contributed by atoms with Crippen LogP contribution in [-0.4, -0.2) is 18.4 Å². The standard InChI is InChI=1S/C19H27FN2O2/c1-2-3-6-13-21-18(23)14-9-11-15(12-10-14)19(24)22-17-8-5-4-7-16(17)20/h4-5,7-8,14-15H,2-3,6,9-13H2,1H3,(H,21,23)(H,22,24). The molecule has 0 saturated heterocycles. The Morgan fingerprint density at radius 2 is 1.67 bits per heavy atom. The lowest BCUT2D eigenvalue weighted by Gasteiger charge is -2.27. The first kappa shape index (κ1) is 18.4. The molecule has 1 fully saturated rings. The minimum absolute atomic E-state index is 0.00383. The highest BCUT2D eigenvalue weighted by atomic mass is 19.1. The Balaban J connectivity index is 1.75. The van der Waals surface area contributed by atoms with Gasteiger partial charge in [0.05, 0.1) is 5.69 Å². The molecule has 2 N–H and O–H groups in total. The highest BCUT2D eigenvalue weighted by molar-refractivity contribution is 5.92. The number of halogens is 1. The Hall–Kier alpha value is -1.91. The number of hydrogen-bond donors (Lipinski definition) is 2. The van der Waals surface area contributed by atoms with Crippen molar-refractivity contribution in [1.82, 2.24) is 5.32 Å². The van der Waals surface area contributed by atoms with E-state index >= 15 is 0 Å². The minimum Gasteiger partial charge on any atom is -0.356 e. The van der Waals surface area contributed by atoms with Crippen LogP contribution in [0, 0.1) is 17.7 Å². The van der Waals surface area contributed by atoms with Crippen LogP contribution in [0.1, 0.15) is 51.9 Å². The minimum atomic E-state index is -0.425. The van der Waals surface area contributed by atoms with Gasteiger partial charge in [-0.05, 0) is 44.2 Å². The van der Waals surface area contributed by atoms with Crippen LogP contribution in [-0.2, 0) is 9.59 Å². The van der Waals surface area contributed by atoms with Gasteiger partial charge in [-0.3, -0.25) is 9.59 Å². The van der Waals surface area contributed by atoms with E-state index in [4.69, 9.17) is 0 Å². The number of benzene rings is 1. The van der Waals surface area contributed by atoms with Crippen LogP contribution >= 0.6 is 0 Å². The van der Waals surface area contributed by atoms with E-state index in [-0.39, 0.29) is 29.3 Å². The quantitative estimate of drug-likeness (QED) is 0.744. The molecule has 0 unspecified atom stereocenters. The summed E-state index contributed by atoms with van der Waals surface area (Å²) in [7, 11) is 0. The van der Waals surface area contributed by atoms with E-state index in [9.17, 15) is 14.0 Å². The predicted octanol–water partition coefficient (Wildman–Crippen LogP) is 3.88. The fourth-order valence-corrected chi connectivity index (χ4v) is 3.15. The lowest BCUT2D eigenvalue weighted by molar-refractivity contribution is -0.128. The summed E-state index contributed by atoms with van der Waals surface area (Å²) in [6.07, 6.45) is 6.06. The second kappa shape index (κ2) is 9.40. The molecule has 0 spiro atoms. The first-order chi connectivity index (χ1) is 11.6. The molecule has 2 rings (SSSR count). The smallest absolute Gasteiger partial charge is 0.227 e. The summed E-state index contributed by atoms with van der Waals surface area (Å²) >= 11 is 0. The van der Waals surface area contributed by atoms with E-state index in [2.05, 4.69) is 17.6 Å². The highest BCUT2D eigenvalue weighted by Crippen LogP contribution is 2.30. The first-order valence-corrected chi connectivity index (χ1v) is 8.95. The van der Waals surface area contributed by atoms with Gasteiger partial charge in [0, 0.05) is 18.4 Å². The first-order valence-electron chi connectivity index (χ1n) is 8.95. The molecule has 1 aliphatic carbocycles. The van der Waals surface area contributed by atoms with Gasteiger partial charge in [-0.2, -0.15) is 0 Å². The molecule has 0 radical (unpaired) electrons. The molecule has 1 saturated carbocycles. The lowest BCUT2D eigenvalue weighted by Crippen LogP contribution is -2.36. The maximum absolute atomic E-state index is 13.6. The monoisotopic (exact) mass is 334 g/mol. The molecular formula is C19H27FN2O2. The number of carbonyl (C=O) groups excluding carboxylic acids is 2. The van der Waals surface area contributed by atoms with E-state index in [1.165, 1.54) is 6.07 Å². The van der Waals surface area contributed by atoms with Gasteiger partial charge in [0.1, 0.15) is 5.82 Å². The normalized spacial score (nSPS) is 20.4. The Kier molecular flexibility index (Phi) is 7.22. The van der Waals surface area contributed by atoms with Gasteiger partial charge < -0.3 is 10.6 Å². The molecule has 1 aromatic rings. The Morgan fingerprint density at radius 3 is 2.29 bits per heavy atom. The number of amides is 2. The largest absolute Gasteiger partial charge is 0.356 e. The van der Waals surface area contributed by atoms with E-state index < -0.39 is 5.82 Å². The summed E-state index contributed by atoms with van der Waals surface area (Å²) in [5, 5.41) is 5.65. The number of rotatable bonds is 7. The summed E-state index contributed by atoms with van der Waals surface area (Å²) in [6, 6.07) is 6.17. The number of anilines is 1. The van der Waals surface area contributed by atoms with Crippen LogP contribution in [0.4, 0.5) is 10.1 Å². The molecule has 24 heavy (non-hydrogen) atoms. The van der Waals surface area contributed by atoms with Gasteiger partial charge in [0.15, 0.2) is 0 Å². The SMILES string of the molecule is CCCCCNC(=O)C1CCC(C(=O)Nc2ccccc2F)CC1. The van der Waals surface area contributed by atoms with E-state index in [0.29, 0.717) is 12.8 Å². The molecule has 5 heteroatoms. The molecule has 2 amide bonds. The summed E-state index contributed by atoms with van der Waals surface area (Å²) in [5.41, 5.74) is 0.221. The van der Waals surface area contributed by atoms with Crippen molar-refractivity contribution >= 4 is 17.5 Å². The summed E-state index contributed by atoms with van der Waals surface area (Å²) < 4.78 is 13.6. The molecule has 0 bridgehead atoms. The molecule has 132 valence electrons. The van der Waals surface area contributed by atoms with Crippen molar-refractivity contribution in [3.63, 3.8) is 0 Å². The third-order valence-electron chi connectivity index (χ3n) is 4.68. The molecule has 1 aliphatic rings. The van der Waals surface area contributed by atoms with Crippen LogP contribution in [0.3, 0.4) is 0 Å². The van der Waals surface area contributed by atoms with Crippen molar-refractivity contribution in [1.29, 1.82) is 0 Å². The fraction of sp³-hybridized carbons (Fsp3) is 0.579. The third-order valence-corrected chi connectivity index (χ3v) is 4.68. The van der Waals surface area contributed by atoms with E-state index in [1.807, 2.05) is 0 Å². The molecule has 1 aromatic carbocycles. The van der Waals surface area contributed by atoms with Crippen LogP contribution in [0.2, 0.25) is 0 Å². The molecule has 0 atom stereocenters. The zero-order valence-corrected chi connectivity index (χ0v) is 14.3. The van der Waals surface area contributed by atoms with Gasteiger partial charge in [0.2, 0.25) is 11.8 Å². The number of para-hydroxylation sites is 1. The van der Waals surface area contributed by atoms with Gasteiger partial charge in [-0.1, -0.05) is 31.9 Å². The maximum atomic E-state index is 13.6. The van der Waals surface area contributed by atoms with Crippen molar-refractivity contribution in [2.45, 2.75) is 51.9 Å². The summed E-state index contributed by atoms with van der Waals surface area (Å²) in [4.78, 5) is 24.4. The summed E-state index contributed by atoms with van der Waals surface area (Å²) in [6.45, 7) is 2.87.